The second-order valence-electron chi connectivity index (χ2n) is 3.52. The van der Waals surface area contributed by atoms with Gasteiger partial charge in [-0.1, -0.05) is 0 Å². The molecule has 0 aromatic carbocycles. The summed E-state index contributed by atoms with van der Waals surface area (Å²) in [5.74, 6) is 0.700. The van der Waals surface area contributed by atoms with Gasteiger partial charge in [0.2, 0.25) is 10.0 Å². The molecule has 1 aliphatic rings. The Bertz CT molecular complexity index is 249. The molecule has 1 fully saturated rings. The SMILES string of the molecule is NCCS(=O)(=O)NCCOCC1CC1. The van der Waals surface area contributed by atoms with Crippen molar-refractivity contribution in [2.75, 3.05) is 32.1 Å². The third-order valence-corrected chi connectivity index (χ3v) is 3.42. The summed E-state index contributed by atoms with van der Waals surface area (Å²) in [7, 11) is -3.17. The smallest absolute Gasteiger partial charge is 0.212 e. The van der Waals surface area contributed by atoms with Crippen molar-refractivity contribution < 1.29 is 13.2 Å². The molecule has 0 amide bonds. The van der Waals surface area contributed by atoms with Crippen molar-refractivity contribution >= 4 is 10.0 Å². The molecule has 0 aromatic rings. The summed E-state index contributed by atoms with van der Waals surface area (Å²) in [6, 6.07) is 0. The van der Waals surface area contributed by atoms with Gasteiger partial charge in [-0.15, -0.1) is 0 Å². The summed E-state index contributed by atoms with van der Waals surface area (Å²) in [6.07, 6.45) is 2.50. The highest BCUT2D eigenvalue weighted by Gasteiger charge is 2.20. The average Bonchev–Trinajstić information content (AvgIpc) is 2.87. The van der Waals surface area contributed by atoms with Gasteiger partial charge in [-0.05, 0) is 18.8 Å². The Morgan fingerprint density at radius 1 is 1.43 bits per heavy atom. The van der Waals surface area contributed by atoms with Crippen LogP contribution in [0.4, 0.5) is 0 Å². The molecular formula is C8H18N2O3S. The number of hydrogen-bond donors (Lipinski definition) is 2. The molecule has 0 atom stereocenters. The summed E-state index contributed by atoms with van der Waals surface area (Å²) in [4.78, 5) is 0. The highest BCUT2D eigenvalue weighted by molar-refractivity contribution is 7.89. The predicted octanol–water partition coefficient (Wildman–Crippen LogP) is -0.709. The first-order chi connectivity index (χ1) is 6.64. The van der Waals surface area contributed by atoms with Crippen LogP contribution < -0.4 is 10.5 Å². The van der Waals surface area contributed by atoms with Crippen LogP contribution in [0.3, 0.4) is 0 Å². The maximum Gasteiger partial charge on any atom is 0.212 e. The van der Waals surface area contributed by atoms with Crippen LogP contribution in [0.2, 0.25) is 0 Å². The normalized spacial score (nSPS) is 17.2. The molecule has 6 heteroatoms. The fourth-order valence-corrected chi connectivity index (χ4v) is 1.88. The van der Waals surface area contributed by atoms with Crippen molar-refractivity contribution in [2.45, 2.75) is 12.8 Å². The second-order valence-corrected chi connectivity index (χ2v) is 5.45. The van der Waals surface area contributed by atoms with Crippen LogP contribution in [-0.2, 0) is 14.8 Å². The van der Waals surface area contributed by atoms with Crippen molar-refractivity contribution in [1.82, 2.24) is 4.72 Å². The van der Waals surface area contributed by atoms with Gasteiger partial charge in [0.1, 0.15) is 0 Å². The molecule has 1 rings (SSSR count). The van der Waals surface area contributed by atoms with Gasteiger partial charge in [0.25, 0.3) is 0 Å². The van der Waals surface area contributed by atoms with Crippen molar-refractivity contribution in [3.05, 3.63) is 0 Å². The Morgan fingerprint density at radius 2 is 2.14 bits per heavy atom. The van der Waals surface area contributed by atoms with E-state index in [9.17, 15) is 8.42 Å². The standard InChI is InChI=1S/C8H18N2O3S/c9-3-6-14(11,12)10-4-5-13-7-8-1-2-8/h8,10H,1-7,9H2. The van der Waals surface area contributed by atoms with E-state index in [0.717, 1.165) is 12.5 Å². The topological polar surface area (TPSA) is 81.4 Å². The fraction of sp³-hybridized carbons (Fsp3) is 1.00. The number of nitrogens with one attached hydrogen (secondary N) is 1. The van der Waals surface area contributed by atoms with Crippen LogP contribution in [-0.4, -0.2) is 40.5 Å². The minimum absolute atomic E-state index is 0.0182. The lowest BCUT2D eigenvalue weighted by Gasteiger charge is -2.05. The van der Waals surface area contributed by atoms with Gasteiger partial charge in [0.05, 0.1) is 12.4 Å². The van der Waals surface area contributed by atoms with Crippen LogP contribution in [0, 0.1) is 5.92 Å². The van der Waals surface area contributed by atoms with E-state index in [2.05, 4.69) is 4.72 Å². The summed E-state index contributed by atoms with van der Waals surface area (Å²) in [5.41, 5.74) is 5.14. The largest absolute Gasteiger partial charge is 0.380 e. The zero-order chi connectivity index (χ0) is 10.4. The van der Waals surface area contributed by atoms with Gasteiger partial charge in [-0.25, -0.2) is 13.1 Å². The Morgan fingerprint density at radius 3 is 2.71 bits per heavy atom. The quantitative estimate of drug-likeness (QED) is 0.532. The van der Waals surface area contributed by atoms with E-state index in [1.54, 1.807) is 0 Å². The molecule has 84 valence electrons. The maximum atomic E-state index is 11.1. The zero-order valence-electron chi connectivity index (χ0n) is 8.24. The van der Waals surface area contributed by atoms with E-state index in [1.165, 1.54) is 12.8 Å². The van der Waals surface area contributed by atoms with E-state index in [1.807, 2.05) is 0 Å². The molecule has 3 N–H and O–H groups in total. The molecule has 5 nitrogen and oxygen atoms in total. The van der Waals surface area contributed by atoms with Crippen molar-refractivity contribution in [1.29, 1.82) is 0 Å². The first kappa shape index (κ1) is 11.9. The first-order valence-electron chi connectivity index (χ1n) is 4.89. The molecule has 0 heterocycles. The lowest BCUT2D eigenvalue weighted by Crippen LogP contribution is -2.32. The Kier molecular flexibility index (Phi) is 4.80. The van der Waals surface area contributed by atoms with Crippen LogP contribution in [0.25, 0.3) is 0 Å². The molecule has 0 radical (unpaired) electrons. The lowest BCUT2D eigenvalue weighted by molar-refractivity contribution is 0.129. The molecule has 0 spiro atoms. The predicted molar refractivity (Wildman–Crippen MR) is 54.4 cm³/mol. The van der Waals surface area contributed by atoms with Crippen LogP contribution in [0.5, 0.6) is 0 Å². The van der Waals surface area contributed by atoms with Crippen LogP contribution >= 0.6 is 0 Å². The summed E-state index contributed by atoms with van der Waals surface area (Å²) in [5, 5.41) is 0. The lowest BCUT2D eigenvalue weighted by atomic mass is 10.5. The summed E-state index contributed by atoms with van der Waals surface area (Å²) >= 11 is 0. The van der Waals surface area contributed by atoms with Crippen molar-refractivity contribution in [2.24, 2.45) is 11.7 Å². The van der Waals surface area contributed by atoms with Gasteiger partial charge in [-0.3, -0.25) is 0 Å². The van der Waals surface area contributed by atoms with Gasteiger partial charge >= 0.3 is 0 Å². The molecule has 0 bridgehead atoms. The molecule has 0 aromatic heterocycles. The molecule has 1 saturated carbocycles. The molecule has 1 aliphatic carbocycles. The number of ether oxygens (including phenoxy) is 1. The minimum Gasteiger partial charge on any atom is -0.380 e. The van der Waals surface area contributed by atoms with E-state index < -0.39 is 10.0 Å². The molecular weight excluding hydrogens is 204 g/mol. The van der Waals surface area contributed by atoms with Crippen molar-refractivity contribution in [3.8, 4) is 0 Å². The Hall–Kier alpha value is -0.170. The van der Waals surface area contributed by atoms with E-state index in [0.29, 0.717) is 13.2 Å². The van der Waals surface area contributed by atoms with Gasteiger partial charge in [0.15, 0.2) is 0 Å². The number of sulfonamides is 1. The monoisotopic (exact) mass is 222 g/mol. The molecule has 0 aliphatic heterocycles. The van der Waals surface area contributed by atoms with E-state index in [-0.39, 0.29) is 12.3 Å². The third-order valence-electron chi connectivity index (χ3n) is 2.01. The number of rotatable bonds is 8. The Balaban J connectivity index is 1.96. The summed E-state index contributed by atoms with van der Waals surface area (Å²) in [6.45, 7) is 1.70. The molecule has 14 heavy (non-hydrogen) atoms. The molecule has 0 saturated heterocycles. The highest BCUT2D eigenvalue weighted by Crippen LogP contribution is 2.28. The van der Waals surface area contributed by atoms with Gasteiger partial charge in [0, 0.05) is 19.7 Å². The van der Waals surface area contributed by atoms with Crippen LogP contribution in [0.1, 0.15) is 12.8 Å². The fourth-order valence-electron chi connectivity index (χ4n) is 1.03. The highest BCUT2D eigenvalue weighted by atomic mass is 32.2. The first-order valence-corrected chi connectivity index (χ1v) is 6.54. The van der Waals surface area contributed by atoms with E-state index >= 15 is 0 Å². The van der Waals surface area contributed by atoms with Gasteiger partial charge in [-0.2, -0.15) is 0 Å². The number of nitrogens with two attached hydrogens (primary N) is 1. The third kappa shape index (κ3) is 5.54. The number of hydrogen-bond acceptors (Lipinski definition) is 4. The Labute approximate surface area is 85.1 Å². The summed E-state index contributed by atoms with van der Waals surface area (Å²) < 4.78 is 29.9. The zero-order valence-corrected chi connectivity index (χ0v) is 9.05. The maximum absolute atomic E-state index is 11.1. The minimum atomic E-state index is -3.17. The second kappa shape index (κ2) is 5.65. The van der Waals surface area contributed by atoms with Crippen LogP contribution in [0.15, 0.2) is 0 Å². The molecule has 0 unspecified atom stereocenters. The average molecular weight is 222 g/mol. The van der Waals surface area contributed by atoms with E-state index in [4.69, 9.17) is 10.5 Å². The van der Waals surface area contributed by atoms with Crippen molar-refractivity contribution in [3.63, 3.8) is 0 Å². The van der Waals surface area contributed by atoms with Gasteiger partial charge < -0.3 is 10.5 Å².